The van der Waals surface area contributed by atoms with E-state index in [0.29, 0.717) is 6.61 Å². The van der Waals surface area contributed by atoms with E-state index in [2.05, 4.69) is 131 Å². The van der Waals surface area contributed by atoms with Gasteiger partial charge in [0.2, 0.25) is 0 Å². The fourth-order valence-electron chi connectivity index (χ4n) is 10.6. The van der Waals surface area contributed by atoms with Crippen LogP contribution in [0.25, 0.3) is 0 Å². The van der Waals surface area contributed by atoms with Crippen molar-refractivity contribution in [3.63, 3.8) is 0 Å². The molecule has 0 aliphatic carbocycles. The average molecular weight is 972 g/mol. The Bertz CT molecular complexity index is 1270. The van der Waals surface area contributed by atoms with Crippen LogP contribution in [0.2, 0.25) is 72.5 Å². The lowest BCUT2D eigenvalue weighted by Crippen LogP contribution is -2.48. The van der Waals surface area contributed by atoms with E-state index in [1.807, 2.05) is 20.8 Å². The van der Waals surface area contributed by atoms with Gasteiger partial charge >= 0.3 is 5.97 Å². The summed E-state index contributed by atoms with van der Waals surface area (Å²) in [5, 5.41) is 0. The number of hydrogen-bond acceptors (Lipinski definition) is 6. The van der Waals surface area contributed by atoms with E-state index in [4.69, 9.17) is 22.4 Å². The zero-order valence-corrected chi connectivity index (χ0v) is 51.2. The van der Waals surface area contributed by atoms with Gasteiger partial charge in [-0.2, -0.15) is 0 Å². The quantitative estimate of drug-likeness (QED) is 0.0349. The van der Waals surface area contributed by atoms with E-state index >= 15 is 0 Å². The molecule has 0 rings (SSSR count). The maximum atomic E-state index is 12.8. The molecule has 0 aromatic heterocycles. The highest BCUT2D eigenvalue weighted by Gasteiger charge is 2.43. The van der Waals surface area contributed by atoms with Crippen molar-refractivity contribution in [1.29, 1.82) is 0 Å². The first kappa shape index (κ1) is 63.9. The summed E-state index contributed by atoms with van der Waals surface area (Å²) in [4.78, 5) is 12.8. The van der Waals surface area contributed by atoms with Crippen molar-refractivity contribution in [3.05, 3.63) is 11.6 Å². The van der Waals surface area contributed by atoms with Crippen LogP contribution in [-0.2, 0) is 27.2 Å². The van der Waals surface area contributed by atoms with Crippen molar-refractivity contribution >= 4 is 39.2 Å². The Morgan fingerprint density at radius 1 is 0.391 bits per heavy atom. The molecule has 0 aliphatic rings. The number of rotatable bonds is 38. The summed E-state index contributed by atoms with van der Waals surface area (Å²) >= 11 is 0. The number of ether oxygens (including phenoxy) is 1. The number of hydrogen-bond donors (Lipinski definition) is 0. The van der Waals surface area contributed by atoms with E-state index < -0.39 is 38.7 Å². The van der Waals surface area contributed by atoms with Gasteiger partial charge in [0.1, 0.15) is 0 Å². The highest BCUT2D eigenvalue weighted by molar-refractivity contribution is 6.74. The molecule has 0 aromatic carbocycles. The molecule has 10 heteroatoms. The van der Waals surface area contributed by atoms with Crippen LogP contribution in [0.5, 0.6) is 0 Å². The van der Waals surface area contributed by atoms with Crippen LogP contribution >= 0.6 is 0 Å². The standard InChI is InChI=1S/C54H114O6Si4/c1-22-61(23-2,24-3)57-51(18,39-34-38-48(13)14)40-35-41-52(19,58-62(25-4,26-5)27-6)42-36-43-53(20,59-63(28-7,29-8)30-9)44-37-45-54(21,60-64(31-10,32-11)33-12)46-47-56-49(55)50(15,16)17/h38H,22-37,39-47H2,1-21H3/t51-,52-,53-,54-/m1/s1. The van der Waals surface area contributed by atoms with E-state index in [-0.39, 0.29) is 28.4 Å². The predicted octanol–water partition coefficient (Wildman–Crippen LogP) is 18.3. The zero-order valence-electron chi connectivity index (χ0n) is 47.2. The summed E-state index contributed by atoms with van der Waals surface area (Å²) < 4.78 is 35.9. The van der Waals surface area contributed by atoms with Crippen LogP contribution in [0, 0.1) is 5.41 Å². The minimum atomic E-state index is -1.93. The number of esters is 1. The molecule has 0 aromatic rings. The van der Waals surface area contributed by atoms with Crippen LogP contribution in [0.1, 0.15) is 222 Å². The van der Waals surface area contributed by atoms with Crippen LogP contribution in [0.3, 0.4) is 0 Å². The summed E-state index contributed by atoms with van der Waals surface area (Å²) in [7, 11) is -7.53. The molecule has 0 aliphatic heterocycles. The highest BCUT2D eigenvalue weighted by atomic mass is 28.4. The maximum Gasteiger partial charge on any atom is 0.311 e. The first-order valence-corrected chi connectivity index (χ1v) is 37.5. The summed E-state index contributed by atoms with van der Waals surface area (Å²) in [6.45, 7) is 48.6. The maximum absolute atomic E-state index is 12.8. The van der Waals surface area contributed by atoms with Crippen LogP contribution < -0.4 is 0 Å². The first-order chi connectivity index (χ1) is 29.7. The molecule has 64 heavy (non-hydrogen) atoms. The van der Waals surface area contributed by atoms with Crippen molar-refractivity contribution in [3.8, 4) is 0 Å². The lowest BCUT2D eigenvalue weighted by molar-refractivity contribution is -0.154. The fraction of sp³-hybridized carbons (Fsp3) is 0.944. The SMILES string of the molecule is CC[Si](CC)(CC)O[C@@](C)(CCC[C@](C)(CCC[C@](C)(CCOC(=O)C(C)(C)C)O[Si](CC)(CC)CC)O[Si](CC)(CC)CC)CCC[C@@](C)(CCC=C(C)C)O[Si](CC)(CC)CC. The summed E-state index contributed by atoms with van der Waals surface area (Å²) in [5.41, 5.74) is 0.0301. The topological polar surface area (TPSA) is 63.2 Å². The Labute approximate surface area is 405 Å². The molecular formula is C54H114O6Si4. The molecule has 0 fully saturated rings. The zero-order chi connectivity index (χ0) is 49.6. The molecular weight excluding hydrogens is 857 g/mol. The molecule has 0 bridgehead atoms. The van der Waals surface area contributed by atoms with Gasteiger partial charge in [0.15, 0.2) is 33.3 Å². The third-order valence-electron chi connectivity index (χ3n) is 16.5. The Kier molecular flexibility index (Phi) is 29.1. The second kappa shape index (κ2) is 29.2. The van der Waals surface area contributed by atoms with Gasteiger partial charge in [-0.1, -0.05) is 94.7 Å². The van der Waals surface area contributed by atoms with Gasteiger partial charge < -0.3 is 22.4 Å². The van der Waals surface area contributed by atoms with Crippen LogP contribution in [-0.4, -0.2) is 68.2 Å². The monoisotopic (exact) mass is 971 g/mol. The second-order valence-electron chi connectivity index (χ2n) is 22.7. The lowest BCUT2D eigenvalue weighted by atomic mass is 9.85. The normalized spacial score (nSPS) is 17.0. The first-order valence-electron chi connectivity index (χ1n) is 27.3. The minimum absolute atomic E-state index is 0.114. The predicted molar refractivity (Wildman–Crippen MR) is 292 cm³/mol. The van der Waals surface area contributed by atoms with Crippen molar-refractivity contribution in [2.75, 3.05) is 6.61 Å². The fourth-order valence-corrected chi connectivity index (χ4v) is 23.3. The van der Waals surface area contributed by atoms with E-state index in [9.17, 15) is 4.79 Å². The van der Waals surface area contributed by atoms with Gasteiger partial charge in [-0.05, 0) is 205 Å². The summed E-state index contributed by atoms with van der Waals surface area (Å²) in [6, 6.07) is 13.8. The number of allylic oxidation sites excluding steroid dienone is 2. The Morgan fingerprint density at radius 2 is 0.625 bits per heavy atom. The number of carbonyl (C=O) groups is 1. The van der Waals surface area contributed by atoms with Gasteiger partial charge in [-0.15, -0.1) is 0 Å². The molecule has 0 saturated carbocycles. The molecule has 0 N–H and O–H groups in total. The molecule has 0 spiro atoms. The summed E-state index contributed by atoms with van der Waals surface area (Å²) in [5.74, 6) is -0.136. The Hall–Kier alpha value is -0.0825. The Morgan fingerprint density at radius 3 is 0.844 bits per heavy atom. The van der Waals surface area contributed by atoms with Crippen molar-refractivity contribution in [2.24, 2.45) is 5.41 Å². The van der Waals surface area contributed by atoms with E-state index in [1.54, 1.807) is 0 Å². The smallest absolute Gasteiger partial charge is 0.311 e. The molecule has 0 heterocycles. The molecule has 0 amide bonds. The third kappa shape index (κ3) is 21.3. The molecule has 0 radical (unpaired) electrons. The molecule has 0 unspecified atom stereocenters. The van der Waals surface area contributed by atoms with Gasteiger partial charge in [0, 0.05) is 6.42 Å². The van der Waals surface area contributed by atoms with Gasteiger partial charge in [0.25, 0.3) is 0 Å². The summed E-state index contributed by atoms with van der Waals surface area (Å²) in [6.07, 6.45) is 14.8. The molecule has 6 nitrogen and oxygen atoms in total. The van der Waals surface area contributed by atoms with Crippen LogP contribution in [0.4, 0.5) is 0 Å². The van der Waals surface area contributed by atoms with Gasteiger partial charge in [0.05, 0.1) is 34.4 Å². The lowest BCUT2D eigenvalue weighted by Gasteiger charge is -2.45. The molecule has 382 valence electrons. The Balaban J connectivity index is 6.79. The third-order valence-corrected chi connectivity index (χ3v) is 35.7. The molecule has 4 atom stereocenters. The highest BCUT2D eigenvalue weighted by Crippen LogP contribution is 2.42. The second-order valence-corrected chi connectivity index (χ2v) is 41.5. The van der Waals surface area contributed by atoms with Crippen molar-refractivity contribution in [1.82, 2.24) is 0 Å². The van der Waals surface area contributed by atoms with E-state index in [1.165, 1.54) is 41.8 Å². The van der Waals surface area contributed by atoms with Crippen LogP contribution in [0.15, 0.2) is 11.6 Å². The van der Waals surface area contributed by atoms with Crippen molar-refractivity contribution < 1.29 is 27.2 Å². The average Bonchev–Trinajstić information content (AvgIpc) is 3.25. The largest absolute Gasteiger partial charge is 0.465 e. The molecule has 0 saturated heterocycles. The number of carbonyl (C=O) groups excluding carboxylic acids is 1. The van der Waals surface area contributed by atoms with Gasteiger partial charge in [-0.25, -0.2) is 0 Å². The minimum Gasteiger partial charge on any atom is -0.465 e. The van der Waals surface area contributed by atoms with Crippen molar-refractivity contribution in [2.45, 2.75) is 317 Å². The van der Waals surface area contributed by atoms with E-state index in [0.717, 1.165) is 113 Å². The van der Waals surface area contributed by atoms with Gasteiger partial charge in [-0.3, -0.25) is 4.79 Å².